The highest BCUT2D eigenvalue weighted by molar-refractivity contribution is 7.98. The Morgan fingerprint density at radius 3 is 2.69 bits per heavy atom. The van der Waals surface area contributed by atoms with Crippen molar-refractivity contribution in [3.8, 4) is 0 Å². The zero-order chi connectivity index (χ0) is 25.1. The lowest BCUT2D eigenvalue weighted by Crippen LogP contribution is -2.43. The molecule has 36 heavy (non-hydrogen) atoms. The summed E-state index contributed by atoms with van der Waals surface area (Å²) in [5, 5.41) is 4.25. The van der Waals surface area contributed by atoms with Crippen LogP contribution in [0.1, 0.15) is 60.2 Å². The van der Waals surface area contributed by atoms with Crippen molar-refractivity contribution in [2.45, 2.75) is 63.5 Å². The summed E-state index contributed by atoms with van der Waals surface area (Å²) in [5.41, 5.74) is 6.45. The van der Waals surface area contributed by atoms with Gasteiger partial charge in [0.15, 0.2) is 5.16 Å². The van der Waals surface area contributed by atoms with Gasteiger partial charge in [0, 0.05) is 23.6 Å². The fourth-order valence-corrected chi connectivity index (χ4v) is 6.08. The van der Waals surface area contributed by atoms with Crippen molar-refractivity contribution in [1.29, 1.82) is 0 Å². The number of carbonyl (C=O) groups excluding carboxylic acids is 1. The third-order valence-electron chi connectivity index (χ3n) is 7.71. The molecule has 5 rings (SSSR count). The van der Waals surface area contributed by atoms with Gasteiger partial charge in [0.1, 0.15) is 0 Å². The molecule has 4 aromatic rings. The van der Waals surface area contributed by atoms with E-state index in [-0.39, 0.29) is 11.9 Å². The second-order valence-electron chi connectivity index (χ2n) is 10.1. The van der Waals surface area contributed by atoms with E-state index in [0.717, 1.165) is 40.5 Å². The summed E-state index contributed by atoms with van der Waals surface area (Å²) < 4.78 is 2.25. The standard InChI is InChI=1S/C30H34N4OS/c1-20-8-6-10-26(22(20)3)32-29(35)24-13-11-23(12-14-24)19-36-30-33-27-15-16-31-17-28(27)34(30)18-25-9-5-4-7-21(25)2/h4-5,7,9,11-17,20,22,26H,6,8,10,18-19H2,1-3H3,(H,32,35). The lowest BCUT2D eigenvalue weighted by atomic mass is 9.78. The van der Waals surface area contributed by atoms with E-state index in [1.165, 1.54) is 29.5 Å². The first-order valence-electron chi connectivity index (χ1n) is 12.9. The van der Waals surface area contributed by atoms with Crippen LogP contribution in [0.3, 0.4) is 0 Å². The average molecular weight is 499 g/mol. The number of carbonyl (C=O) groups is 1. The number of nitrogens with zero attached hydrogens (tertiary/aromatic N) is 3. The van der Waals surface area contributed by atoms with E-state index in [2.05, 4.69) is 72.0 Å². The highest BCUT2D eigenvalue weighted by Crippen LogP contribution is 2.30. The quantitative estimate of drug-likeness (QED) is 0.290. The molecule has 2 aromatic carbocycles. The van der Waals surface area contributed by atoms with Gasteiger partial charge >= 0.3 is 0 Å². The maximum atomic E-state index is 12.9. The highest BCUT2D eigenvalue weighted by Gasteiger charge is 2.28. The molecule has 1 amide bonds. The molecule has 1 N–H and O–H groups in total. The van der Waals surface area contributed by atoms with Gasteiger partial charge < -0.3 is 9.88 Å². The molecule has 3 unspecified atom stereocenters. The van der Waals surface area contributed by atoms with Crippen LogP contribution in [0.4, 0.5) is 0 Å². The molecule has 2 heterocycles. The molecule has 1 aliphatic carbocycles. The third-order valence-corrected chi connectivity index (χ3v) is 8.76. The van der Waals surface area contributed by atoms with Gasteiger partial charge in [-0.1, -0.05) is 74.8 Å². The van der Waals surface area contributed by atoms with Crippen LogP contribution < -0.4 is 5.32 Å². The largest absolute Gasteiger partial charge is 0.349 e. The number of imidazole rings is 1. The van der Waals surface area contributed by atoms with E-state index in [1.807, 2.05) is 24.4 Å². The van der Waals surface area contributed by atoms with Gasteiger partial charge in [0.25, 0.3) is 5.91 Å². The Bertz CT molecular complexity index is 1350. The van der Waals surface area contributed by atoms with Crippen molar-refractivity contribution in [1.82, 2.24) is 19.9 Å². The molecular weight excluding hydrogens is 464 g/mol. The molecule has 1 fully saturated rings. The van der Waals surface area contributed by atoms with E-state index in [1.54, 1.807) is 18.0 Å². The minimum atomic E-state index is 0.0349. The molecule has 1 aliphatic rings. The van der Waals surface area contributed by atoms with Crippen LogP contribution in [-0.4, -0.2) is 26.5 Å². The molecule has 0 saturated heterocycles. The fourth-order valence-electron chi connectivity index (χ4n) is 5.11. The normalized spacial score (nSPS) is 19.9. The summed E-state index contributed by atoms with van der Waals surface area (Å²) in [6.07, 6.45) is 7.21. The second kappa shape index (κ2) is 10.9. The van der Waals surface area contributed by atoms with Crippen molar-refractivity contribution in [3.63, 3.8) is 0 Å². The van der Waals surface area contributed by atoms with Gasteiger partial charge in [-0.15, -0.1) is 0 Å². The minimum Gasteiger partial charge on any atom is -0.349 e. The van der Waals surface area contributed by atoms with E-state index >= 15 is 0 Å². The summed E-state index contributed by atoms with van der Waals surface area (Å²) in [5.74, 6) is 2.00. The van der Waals surface area contributed by atoms with Gasteiger partial charge in [0.2, 0.25) is 0 Å². The Kier molecular flexibility index (Phi) is 7.42. The first-order chi connectivity index (χ1) is 17.5. The van der Waals surface area contributed by atoms with Crippen LogP contribution in [0.25, 0.3) is 11.0 Å². The second-order valence-corrected chi connectivity index (χ2v) is 11.0. The predicted octanol–water partition coefficient (Wildman–Crippen LogP) is 6.63. The minimum absolute atomic E-state index is 0.0349. The van der Waals surface area contributed by atoms with Crippen LogP contribution in [0.2, 0.25) is 0 Å². The summed E-state index contributed by atoms with van der Waals surface area (Å²) in [6, 6.07) is 18.7. The van der Waals surface area contributed by atoms with Gasteiger partial charge in [0.05, 0.1) is 23.8 Å². The Labute approximate surface area is 217 Å². The highest BCUT2D eigenvalue weighted by atomic mass is 32.2. The molecule has 1 saturated carbocycles. The lowest BCUT2D eigenvalue weighted by Gasteiger charge is -2.34. The number of thioether (sulfide) groups is 1. The number of aromatic nitrogens is 3. The molecule has 5 nitrogen and oxygen atoms in total. The Balaban J connectivity index is 1.28. The number of hydrogen-bond acceptors (Lipinski definition) is 4. The Morgan fingerprint density at radius 1 is 1.08 bits per heavy atom. The molecule has 0 spiro atoms. The SMILES string of the molecule is Cc1ccccc1Cn1c(SCc2ccc(C(=O)NC3CCCC(C)C3C)cc2)nc2ccncc21. The fraction of sp³-hybridized carbons (Fsp3) is 0.367. The van der Waals surface area contributed by atoms with Gasteiger partial charge in [-0.2, -0.15) is 0 Å². The summed E-state index contributed by atoms with van der Waals surface area (Å²) in [6.45, 7) is 7.46. The average Bonchev–Trinajstić information content (AvgIpc) is 3.24. The topological polar surface area (TPSA) is 59.8 Å². The first kappa shape index (κ1) is 24.6. The van der Waals surface area contributed by atoms with Crippen molar-refractivity contribution in [3.05, 3.63) is 89.2 Å². The van der Waals surface area contributed by atoms with Gasteiger partial charge in [-0.25, -0.2) is 4.98 Å². The van der Waals surface area contributed by atoms with Gasteiger partial charge in [-0.3, -0.25) is 9.78 Å². The molecule has 2 aromatic heterocycles. The van der Waals surface area contributed by atoms with Crippen LogP contribution in [-0.2, 0) is 12.3 Å². The van der Waals surface area contributed by atoms with Gasteiger partial charge in [-0.05, 0) is 60.1 Å². The number of nitrogens with one attached hydrogen (secondary N) is 1. The van der Waals surface area contributed by atoms with Crippen LogP contribution in [0, 0.1) is 18.8 Å². The summed E-state index contributed by atoms with van der Waals surface area (Å²) in [7, 11) is 0. The van der Waals surface area contributed by atoms with Crippen LogP contribution in [0.15, 0.2) is 72.1 Å². The predicted molar refractivity (Wildman–Crippen MR) is 147 cm³/mol. The monoisotopic (exact) mass is 498 g/mol. The van der Waals surface area contributed by atoms with Crippen molar-refractivity contribution >= 4 is 28.7 Å². The van der Waals surface area contributed by atoms with Crippen molar-refractivity contribution in [2.75, 3.05) is 0 Å². The molecule has 186 valence electrons. The zero-order valence-electron chi connectivity index (χ0n) is 21.3. The van der Waals surface area contributed by atoms with E-state index in [0.29, 0.717) is 11.8 Å². The number of fused-ring (bicyclic) bond motifs is 1. The number of aryl methyl sites for hydroxylation is 1. The van der Waals surface area contributed by atoms with Crippen molar-refractivity contribution in [2.24, 2.45) is 11.8 Å². The van der Waals surface area contributed by atoms with Crippen LogP contribution in [0.5, 0.6) is 0 Å². The number of pyridine rings is 1. The number of hydrogen-bond donors (Lipinski definition) is 1. The molecule has 0 radical (unpaired) electrons. The molecule has 0 bridgehead atoms. The number of rotatable bonds is 7. The van der Waals surface area contributed by atoms with Crippen LogP contribution >= 0.6 is 11.8 Å². The zero-order valence-corrected chi connectivity index (χ0v) is 22.1. The third kappa shape index (κ3) is 5.34. The smallest absolute Gasteiger partial charge is 0.251 e. The van der Waals surface area contributed by atoms with E-state index < -0.39 is 0 Å². The summed E-state index contributed by atoms with van der Waals surface area (Å²) in [4.78, 5) is 22.1. The lowest BCUT2D eigenvalue weighted by molar-refractivity contribution is 0.0891. The molecule has 3 atom stereocenters. The molecule has 6 heteroatoms. The number of amides is 1. The van der Waals surface area contributed by atoms with E-state index in [9.17, 15) is 4.79 Å². The Morgan fingerprint density at radius 2 is 1.89 bits per heavy atom. The maximum Gasteiger partial charge on any atom is 0.251 e. The molecular formula is C30H34N4OS. The first-order valence-corrected chi connectivity index (χ1v) is 13.9. The van der Waals surface area contributed by atoms with Crippen molar-refractivity contribution < 1.29 is 4.79 Å². The summed E-state index contributed by atoms with van der Waals surface area (Å²) >= 11 is 1.72. The molecule has 0 aliphatic heterocycles. The maximum absolute atomic E-state index is 12.9. The van der Waals surface area contributed by atoms with E-state index in [4.69, 9.17) is 4.98 Å². The number of benzene rings is 2. The Hall–Kier alpha value is -3.12.